The van der Waals surface area contributed by atoms with E-state index >= 15 is 0 Å². The van der Waals surface area contributed by atoms with Gasteiger partial charge in [-0.15, -0.1) is 0 Å². The van der Waals surface area contributed by atoms with E-state index in [1.807, 2.05) is 12.1 Å². The molecule has 0 amide bonds. The Morgan fingerprint density at radius 1 is 1.31 bits per heavy atom. The molecule has 3 fully saturated rings. The third-order valence-electron chi connectivity index (χ3n) is 5.61. The molecule has 0 unspecified atom stereocenters. The lowest BCUT2D eigenvalue weighted by atomic mass is 9.87. The van der Waals surface area contributed by atoms with Crippen molar-refractivity contribution < 1.29 is 28.8 Å². The lowest BCUT2D eigenvalue weighted by molar-refractivity contribution is -0.185. The van der Waals surface area contributed by atoms with Gasteiger partial charge in [0, 0.05) is 23.8 Å². The monoisotopic (exact) mass is 382 g/mol. The quantitative estimate of drug-likeness (QED) is 0.762. The first kappa shape index (κ1) is 18.0. The SMILES string of the molecule is O=C1C[C@@H]2[C@@H](CCC3(COc4cccc(Cl)c4)OCCO3)[C@H](O)C[C@@H]2O1. The molecule has 2 saturated heterocycles. The van der Waals surface area contributed by atoms with Gasteiger partial charge >= 0.3 is 5.97 Å². The van der Waals surface area contributed by atoms with Crippen molar-refractivity contribution in [3.63, 3.8) is 0 Å². The number of hydrogen-bond acceptors (Lipinski definition) is 6. The Balaban J connectivity index is 1.38. The molecule has 6 nitrogen and oxygen atoms in total. The topological polar surface area (TPSA) is 74.2 Å². The summed E-state index contributed by atoms with van der Waals surface area (Å²) in [5.41, 5.74) is 0. The van der Waals surface area contributed by atoms with Crippen molar-refractivity contribution in [2.45, 2.75) is 43.7 Å². The molecule has 0 aromatic heterocycles. The highest BCUT2D eigenvalue weighted by Crippen LogP contribution is 2.44. The molecule has 0 bridgehead atoms. The van der Waals surface area contributed by atoms with Crippen LogP contribution in [0.5, 0.6) is 5.75 Å². The minimum Gasteiger partial charge on any atom is -0.488 e. The van der Waals surface area contributed by atoms with Crippen LogP contribution in [0.2, 0.25) is 5.02 Å². The molecule has 0 radical (unpaired) electrons. The molecule has 1 saturated carbocycles. The summed E-state index contributed by atoms with van der Waals surface area (Å²) in [5.74, 6) is -0.230. The van der Waals surface area contributed by atoms with Gasteiger partial charge in [0.25, 0.3) is 0 Å². The lowest BCUT2D eigenvalue weighted by Gasteiger charge is -2.30. The van der Waals surface area contributed by atoms with Gasteiger partial charge in [0.1, 0.15) is 18.5 Å². The third kappa shape index (κ3) is 3.69. The minimum absolute atomic E-state index is 0.0160. The van der Waals surface area contributed by atoms with E-state index in [1.54, 1.807) is 12.1 Å². The van der Waals surface area contributed by atoms with Crippen LogP contribution in [0, 0.1) is 11.8 Å². The summed E-state index contributed by atoms with van der Waals surface area (Å²) in [6, 6.07) is 7.20. The second-order valence-electron chi connectivity index (χ2n) is 7.26. The fourth-order valence-corrected chi connectivity index (χ4v) is 4.50. The molecule has 142 valence electrons. The zero-order chi connectivity index (χ0) is 18.1. The predicted molar refractivity (Wildman–Crippen MR) is 92.9 cm³/mol. The number of aliphatic hydroxyl groups is 1. The largest absolute Gasteiger partial charge is 0.488 e. The summed E-state index contributed by atoms with van der Waals surface area (Å²) < 4.78 is 22.9. The Morgan fingerprint density at radius 3 is 2.88 bits per heavy atom. The number of hydrogen-bond donors (Lipinski definition) is 1. The summed E-state index contributed by atoms with van der Waals surface area (Å²) in [6.45, 7) is 1.28. The van der Waals surface area contributed by atoms with Gasteiger partial charge < -0.3 is 24.1 Å². The van der Waals surface area contributed by atoms with Crippen LogP contribution in [0.1, 0.15) is 25.7 Å². The number of esters is 1. The average molecular weight is 383 g/mol. The van der Waals surface area contributed by atoms with Crippen molar-refractivity contribution in [1.82, 2.24) is 0 Å². The molecule has 1 aromatic carbocycles. The predicted octanol–water partition coefficient (Wildman–Crippen LogP) is 2.55. The van der Waals surface area contributed by atoms with Crippen LogP contribution in [0.25, 0.3) is 0 Å². The van der Waals surface area contributed by atoms with Crippen molar-refractivity contribution in [1.29, 1.82) is 0 Å². The molecule has 2 heterocycles. The van der Waals surface area contributed by atoms with Crippen LogP contribution in [-0.4, -0.2) is 48.9 Å². The Hall–Kier alpha value is -1.34. The molecular weight excluding hydrogens is 360 g/mol. The van der Waals surface area contributed by atoms with Gasteiger partial charge in [-0.2, -0.15) is 0 Å². The number of fused-ring (bicyclic) bond motifs is 1. The van der Waals surface area contributed by atoms with Gasteiger partial charge in [-0.1, -0.05) is 17.7 Å². The van der Waals surface area contributed by atoms with Crippen LogP contribution in [0.15, 0.2) is 24.3 Å². The standard InChI is InChI=1S/C19H23ClO6/c20-12-2-1-3-13(8-12)23-11-19(24-6-7-25-19)5-4-14-15-9-18(22)26-17(15)10-16(14)21/h1-3,8,14-17,21H,4-7,9-11H2/t14-,15-,16-,17+/m1/s1. The molecular formula is C19H23ClO6. The third-order valence-corrected chi connectivity index (χ3v) is 5.84. The van der Waals surface area contributed by atoms with Crippen LogP contribution in [0.3, 0.4) is 0 Å². The molecule has 26 heavy (non-hydrogen) atoms. The number of carbonyl (C=O) groups is 1. The second-order valence-corrected chi connectivity index (χ2v) is 7.69. The van der Waals surface area contributed by atoms with E-state index < -0.39 is 11.9 Å². The van der Waals surface area contributed by atoms with E-state index in [2.05, 4.69) is 0 Å². The molecule has 1 aromatic rings. The Bertz CT molecular complexity index is 659. The smallest absolute Gasteiger partial charge is 0.306 e. The number of aliphatic hydroxyl groups excluding tert-OH is 1. The lowest BCUT2D eigenvalue weighted by Crippen LogP contribution is -2.38. The zero-order valence-electron chi connectivity index (χ0n) is 14.4. The molecule has 4 rings (SSSR count). The highest BCUT2D eigenvalue weighted by Gasteiger charge is 2.50. The number of benzene rings is 1. The molecule has 1 N–H and O–H groups in total. The maximum absolute atomic E-state index is 11.5. The van der Waals surface area contributed by atoms with Crippen molar-refractivity contribution >= 4 is 17.6 Å². The van der Waals surface area contributed by atoms with Crippen LogP contribution in [-0.2, 0) is 19.0 Å². The summed E-state index contributed by atoms with van der Waals surface area (Å²) in [6.07, 6.45) is 1.59. The maximum Gasteiger partial charge on any atom is 0.306 e. The number of ether oxygens (including phenoxy) is 4. The fraction of sp³-hybridized carbons (Fsp3) is 0.632. The van der Waals surface area contributed by atoms with E-state index in [-0.39, 0.29) is 30.5 Å². The van der Waals surface area contributed by atoms with Crippen LogP contribution >= 0.6 is 11.6 Å². The first-order valence-corrected chi connectivity index (χ1v) is 9.46. The summed E-state index contributed by atoms with van der Waals surface area (Å²) in [7, 11) is 0. The summed E-state index contributed by atoms with van der Waals surface area (Å²) in [5, 5.41) is 11.0. The molecule has 4 atom stereocenters. The van der Waals surface area contributed by atoms with Gasteiger partial charge in [-0.25, -0.2) is 0 Å². The molecule has 7 heteroatoms. The van der Waals surface area contributed by atoms with Gasteiger partial charge in [-0.05, 0) is 30.5 Å². The van der Waals surface area contributed by atoms with Crippen molar-refractivity contribution in [3.05, 3.63) is 29.3 Å². The van der Waals surface area contributed by atoms with Gasteiger partial charge in [0.2, 0.25) is 5.79 Å². The fourth-order valence-electron chi connectivity index (χ4n) is 4.32. The highest BCUT2D eigenvalue weighted by atomic mass is 35.5. The minimum atomic E-state index is -0.830. The normalized spacial score (nSPS) is 32.5. The summed E-state index contributed by atoms with van der Waals surface area (Å²) >= 11 is 5.99. The Morgan fingerprint density at radius 2 is 2.12 bits per heavy atom. The first-order chi connectivity index (χ1) is 12.5. The van der Waals surface area contributed by atoms with E-state index in [0.717, 1.165) is 0 Å². The number of rotatable bonds is 6. The van der Waals surface area contributed by atoms with E-state index in [4.69, 9.17) is 30.5 Å². The van der Waals surface area contributed by atoms with Crippen molar-refractivity contribution in [2.24, 2.45) is 11.8 Å². The van der Waals surface area contributed by atoms with Gasteiger partial charge in [0.15, 0.2) is 0 Å². The summed E-state index contributed by atoms with van der Waals surface area (Å²) in [4.78, 5) is 11.5. The molecule has 3 aliphatic rings. The van der Waals surface area contributed by atoms with Crippen LogP contribution in [0.4, 0.5) is 0 Å². The van der Waals surface area contributed by atoms with E-state index in [0.29, 0.717) is 49.7 Å². The Kier molecular flexibility index (Phi) is 5.10. The first-order valence-electron chi connectivity index (χ1n) is 9.08. The van der Waals surface area contributed by atoms with E-state index in [1.165, 1.54) is 0 Å². The zero-order valence-corrected chi connectivity index (χ0v) is 15.2. The number of carbonyl (C=O) groups excluding carboxylic acids is 1. The average Bonchev–Trinajstić information content (AvgIpc) is 3.27. The molecule has 0 spiro atoms. The van der Waals surface area contributed by atoms with Crippen LogP contribution < -0.4 is 4.74 Å². The second kappa shape index (κ2) is 7.35. The van der Waals surface area contributed by atoms with E-state index in [9.17, 15) is 9.90 Å². The Labute approximate surface area is 157 Å². The highest BCUT2D eigenvalue weighted by molar-refractivity contribution is 6.30. The maximum atomic E-state index is 11.5. The number of halogens is 1. The molecule has 1 aliphatic carbocycles. The van der Waals surface area contributed by atoms with Crippen molar-refractivity contribution in [2.75, 3.05) is 19.8 Å². The van der Waals surface area contributed by atoms with Crippen molar-refractivity contribution in [3.8, 4) is 5.75 Å². The van der Waals surface area contributed by atoms with Gasteiger partial charge in [0.05, 0.1) is 25.7 Å². The molecule has 2 aliphatic heterocycles. The van der Waals surface area contributed by atoms with Gasteiger partial charge in [-0.3, -0.25) is 4.79 Å².